The third-order valence-electron chi connectivity index (χ3n) is 7.81. The third kappa shape index (κ3) is 3.73. The summed E-state index contributed by atoms with van der Waals surface area (Å²) in [5.74, 6) is 0. The molecule has 0 nitrogen and oxygen atoms in total. The Hall–Kier alpha value is -2.34. The number of rotatable bonds is 4. The molecule has 0 amide bonds. The number of allylic oxidation sites excluding steroid dienone is 1. The summed E-state index contributed by atoms with van der Waals surface area (Å²) >= 11 is 0. The van der Waals surface area contributed by atoms with Crippen molar-refractivity contribution in [3.63, 3.8) is 0 Å². The minimum atomic E-state index is 0.536. The van der Waals surface area contributed by atoms with Crippen LogP contribution in [-0.4, -0.2) is 0 Å². The van der Waals surface area contributed by atoms with Gasteiger partial charge in [-0.15, -0.1) is 0 Å². The molecule has 0 spiro atoms. The molecular formula is C30H34. The molecule has 0 aliphatic heterocycles. The van der Waals surface area contributed by atoms with Crippen LogP contribution < -0.4 is 0 Å². The smallest absolute Gasteiger partial charge is 0.00574 e. The second kappa shape index (κ2) is 8.42. The van der Waals surface area contributed by atoms with E-state index in [-0.39, 0.29) is 0 Å². The normalized spacial score (nSPS) is 18.5. The number of benzene rings is 3. The molecule has 1 fully saturated rings. The summed E-state index contributed by atoms with van der Waals surface area (Å²) in [5, 5.41) is 2.69. The Morgan fingerprint density at radius 2 is 1.43 bits per heavy atom. The van der Waals surface area contributed by atoms with Crippen molar-refractivity contribution in [3.8, 4) is 11.1 Å². The van der Waals surface area contributed by atoms with Crippen molar-refractivity contribution in [2.75, 3.05) is 0 Å². The lowest BCUT2D eigenvalue weighted by molar-refractivity contribution is 0.198. The molecule has 0 bridgehead atoms. The predicted octanol–water partition coefficient (Wildman–Crippen LogP) is 8.98. The monoisotopic (exact) mass is 394 g/mol. The second-order valence-corrected chi connectivity index (χ2v) is 9.68. The highest BCUT2D eigenvalue weighted by Crippen LogP contribution is 2.46. The lowest BCUT2D eigenvalue weighted by Gasteiger charge is -2.35. The van der Waals surface area contributed by atoms with Gasteiger partial charge in [0.1, 0.15) is 0 Å². The van der Waals surface area contributed by atoms with Crippen molar-refractivity contribution < 1.29 is 0 Å². The maximum Gasteiger partial charge on any atom is -0.00574 e. The largest absolute Gasteiger partial charge is 0.0648 e. The van der Waals surface area contributed by atoms with E-state index in [1.807, 2.05) is 0 Å². The molecule has 2 aliphatic rings. The van der Waals surface area contributed by atoms with Crippen LogP contribution in [0.1, 0.15) is 75.8 Å². The first-order valence-corrected chi connectivity index (χ1v) is 12.1. The first-order chi connectivity index (χ1) is 14.8. The van der Waals surface area contributed by atoms with E-state index in [2.05, 4.69) is 73.7 Å². The number of fused-ring (bicyclic) bond motifs is 2. The zero-order valence-corrected chi connectivity index (χ0v) is 18.4. The van der Waals surface area contributed by atoms with E-state index >= 15 is 0 Å². The quantitative estimate of drug-likeness (QED) is 0.414. The van der Waals surface area contributed by atoms with Gasteiger partial charge in [-0.3, -0.25) is 0 Å². The molecule has 0 aromatic heterocycles. The van der Waals surface area contributed by atoms with E-state index in [0.29, 0.717) is 5.41 Å². The van der Waals surface area contributed by atoms with Crippen LogP contribution in [0.15, 0.2) is 66.2 Å². The Labute approximate surface area is 182 Å². The first-order valence-electron chi connectivity index (χ1n) is 12.1. The van der Waals surface area contributed by atoms with Gasteiger partial charge < -0.3 is 0 Å². The molecule has 0 unspecified atom stereocenters. The summed E-state index contributed by atoms with van der Waals surface area (Å²) in [7, 11) is 0. The molecule has 5 rings (SSSR count). The lowest BCUT2D eigenvalue weighted by atomic mass is 9.70. The van der Waals surface area contributed by atoms with Crippen molar-refractivity contribution >= 4 is 16.8 Å². The van der Waals surface area contributed by atoms with Gasteiger partial charge in [0, 0.05) is 0 Å². The molecule has 3 aromatic carbocycles. The Morgan fingerprint density at radius 3 is 2.27 bits per heavy atom. The topological polar surface area (TPSA) is 0 Å². The van der Waals surface area contributed by atoms with E-state index in [9.17, 15) is 0 Å². The number of hydrogen-bond donors (Lipinski definition) is 0. The fourth-order valence-corrected chi connectivity index (χ4v) is 6.04. The average Bonchev–Trinajstić information content (AvgIpc) is 3.18. The van der Waals surface area contributed by atoms with Gasteiger partial charge in [0.25, 0.3) is 0 Å². The minimum absolute atomic E-state index is 0.536. The van der Waals surface area contributed by atoms with Crippen LogP contribution in [0.25, 0.3) is 28.0 Å². The molecule has 0 saturated heterocycles. The van der Waals surface area contributed by atoms with E-state index in [1.54, 1.807) is 5.57 Å². The summed E-state index contributed by atoms with van der Waals surface area (Å²) in [6.07, 6.45) is 16.4. The van der Waals surface area contributed by atoms with Crippen molar-refractivity contribution in [2.45, 2.75) is 71.1 Å². The van der Waals surface area contributed by atoms with Gasteiger partial charge in [-0.05, 0) is 64.1 Å². The van der Waals surface area contributed by atoms with E-state index in [4.69, 9.17) is 0 Å². The maximum atomic E-state index is 2.56. The Bertz CT molecular complexity index is 1060. The zero-order valence-electron chi connectivity index (χ0n) is 18.4. The highest BCUT2D eigenvalue weighted by molar-refractivity contribution is 5.99. The molecule has 0 N–H and O–H groups in total. The van der Waals surface area contributed by atoms with Crippen molar-refractivity contribution in [2.24, 2.45) is 5.41 Å². The highest BCUT2D eigenvalue weighted by Gasteiger charge is 2.31. The van der Waals surface area contributed by atoms with Crippen LogP contribution in [0.4, 0.5) is 0 Å². The first kappa shape index (κ1) is 19.6. The molecule has 1 saturated carbocycles. The minimum Gasteiger partial charge on any atom is -0.0648 e. The molecule has 0 radical (unpaired) electrons. The number of hydrogen-bond acceptors (Lipinski definition) is 0. The summed E-state index contributed by atoms with van der Waals surface area (Å²) in [6, 6.07) is 22.5. The van der Waals surface area contributed by atoms with Crippen molar-refractivity contribution in [1.82, 2.24) is 0 Å². The lowest BCUT2D eigenvalue weighted by Crippen LogP contribution is -2.22. The molecular weight excluding hydrogens is 360 g/mol. The molecule has 154 valence electrons. The molecule has 3 aromatic rings. The molecule has 2 aliphatic carbocycles. The van der Waals surface area contributed by atoms with E-state index in [0.717, 1.165) is 6.42 Å². The SMILES string of the molecule is CCC1(CC2=Cc3c(cccc3-c3cccc4ccccc34)C2)CCCCCCC1. The van der Waals surface area contributed by atoms with E-state index in [1.165, 1.54) is 90.8 Å². The summed E-state index contributed by atoms with van der Waals surface area (Å²) in [6.45, 7) is 2.44. The molecule has 0 atom stereocenters. The van der Waals surface area contributed by atoms with Gasteiger partial charge in [-0.2, -0.15) is 0 Å². The van der Waals surface area contributed by atoms with Crippen LogP contribution >= 0.6 is 0 Å². The van der Waals surface area contributed by atoms with Gasteiger partial charge >= 0.3 is 0 Å². The fourth-order valence-electron chi connectivity index (χ4n) is 6.04. The maximum absolute atomic E-state index is 2.56. The van der Waals surface area contributed by atoms with Gasteiger partial charge in [0.2, 0.25) is 0 Å². The standard InChI is InChI=1S/C30H34/c1-2-30(18-8-4-3-5-9-19-30)22-23-20-25-14-11-17-28(29(25)21-23)27-16-10-13-24-12-6-7-15-26(24)27/h6-7,10-17,21H,2-5,8-9,18-20,22H2,1H3. The van der Waals surface area contributed by atoms with Crippen molar-refractivity contribution in [1.29, 1.82) is 0 Å². The summed E-state index contributed by atoms with van der Waals surface area (Å²) < 4.78 is 0. The van der Waals surface area contributed by atoms with Crippen LogP contribution in [0.3, 0.4) is 0 Å². The van der Waals surface area contributed by atoms with Crippen LogP contribution in [0, 0.1) is 5.41 Å². The van der Waals surface area contributed by atoms with Crippen LogP contribution in [0.5, 0.6) is 0 Å². The van der Waals surface area contributed by atoms with Crippen molar-refractivity contribution in [3.05, 3.63) is 77.4 Å². The molecule has 0 heterocycles. The average molecular weight is 395 g/mol. The van der Waals surface area contributed by atoms with Crippen LogP contribution in [-0.2, 0) is 6.42 Å². The Morgan fingerprint density at radius 1 is 0.733 bits per heavy atom. The van der Waals surface area contributed by atoms with Gasteiger partial charge in [-0.25, -0.2) is 0 Å². The van der Waals surface area contributed by atoms with Gasteiger partial charge in [0.15, 0.2) is 0 Å². The predicted molar refractivity (Wildman–Crippen MR) is 131 cm³/mol. The highest BCUT2D eigenvalue weighted by atomic mass is 14.4. The fraction of sp³-hybridized carbons (Fsp3) is 0.400. The van der Waals surface area contributed by atoms with Gasteiger partial charge in [0.05, 0.1) is 0 Å². The van der Waals surface area contributed by atoms with E-state index < -0.39 is 0 Å². The zero-order chi connectivity index (χ0) is 20.4. The Kier molecular flexibility index (Phi) is 5.50. The summed E-state index contributed by atoms with van der Waals surface area (Å²) in [5.41, 5.74) is 7.98. The summed E-state index contributed by atoms with van der Waals surface area (Å²) in [4.78, 5) is 0. The molecule has 0 heteroatoms. The Balaban J connectivity index is 1.50. The second-order valence-electron chi connectivity index (χ2n) is 9.68. The third-order valence-corrected chi connectivity index (χ3v) is 7.81. The molecule has 30 heavy (non-hydrogen) atoms. The van der Waals surface area contributed by atoms with Gasteiger partial charge in [-0.1, -0.05) is 118 Å². The van der Waals surface area contributed by atoms with Crippen LogP contribution in [0.2, 0.25) is 0 Å².